The maximum atomic E-state index is 9.05. The van der Waals surface area contributed by atoms with Crippen molar-refractivity contribution in [2.75, 3.05) is 18.1 Å². The maximum absolute atomic E-state index is 9.05. The van der Waals surface area contributed by atoms with Gasteiger partial charge in [0, 0.05) is 19.3 Å². The quantitative estimate of drug-likeness (QED) is 0.875. The number of aromatic nitrogens is 2. The van der Waals surface area contributed by atoms with Crippen LogP contribution in [-0.4, -0.2) is 28.2 Å². The van der Waals surface area contributed by atoms with Crippen LogP contribution >= 0.6 is 0 Å². The zero-order valence-corrected chi connectivity index (χ0v) is 15.0. The van der Waals surface area contributed by atoms with Gasteiger partial charge in [-0.05, 0) is 22.6 Å². The molecule has 0 fully saturated rings. The van der Waals surface area contributed by atoms with E-state index in [2.05, 4.69) is 47.8 Å². The number of aliphatic hydroxyl groups excluding tert-OH is 1. The molecule has 130 valence electrons. The van der Waals surface area contributed by atoms with Crippen molar-refractivity contribution in [3.63, 3.8) is 0 Å². The second kappa shape index (κ2) is 8.41. The van der Waals surface area contributed by atoms with E-state index < -0.39 is 0 Å². The van der Waals surface area contributed by atoms with Crippen molar-refractivity contribution < 1.29 is 5.11 Å². The molecular formula is C20H24N4O. The van der Waals surface area contributed by atoms with Crippen LogP contribution in [0.15, 0.2) is 42.6 Å². The first kappa shape index (κ1) is 18.6. The fourth-order valence-electron chi connectivity index (χ4n) is 2.51. The average molecular weight is 336 g/mol. The van der Waals surface area contributed by atoms with Crippen molar-refractivity contribution in [2.24, 2.45) is 5.41 Å². The van der Waals surface area contributed by atoms with Crippen LogP contribution in [0.4, 0.5) is 5.82 Å². The number of anilines is 1. The predicted molar refractivity (Wildman–Crippen MR) is 99.8 cm³/mol. The molecule has 5 nitrogen and oxygen atoms in total. The molecule has 0 spiro atoms. The van der Waals surface area contributed by atoms with Gasteiger partial charge in [-0.25, -0.2) is 9.97 Å². The molecule has 2 aromatic rings. The van der Waals surface area contributed by atoms with Crippen molar-refractivity contribution in [1.29, 1.82) is 5.26 Å². The Bertz CT molecular complexity index is 755. The van der Waals surface area contributed by atoms with E-state index in [9.17, 15) is 0 Å². The second-order valence-corrected chi connectivity index (χ2v) is 7.09. The van der Waals surface area contributed by atoms with Gasteiger partial charge in [-0.1, -0.05) is 57.2 Å². The lowest BCUT2D eigenvalue weighted by atomic mass is 9.95. The van der Waals surface area contributed by atoms with Gasteiger partial charge in [-0.3, -0.25) is 0 Å². The third kappa shape index (κ3) is 6.02. The van der Waals surface area contributed by atoms with Crippen molar-refractivity contribution >= 4 is 11.9 Å². The summed E-state index contributed by atoms with van der Waals surface area (Å²) in [5.41, 5.74) is 2.29. The van der Waals surface area contributed by atoms with E-state index >= 15 is 0 Å². The minimum absolute atomic E-state index is 0.0377. The summed E-state index contributed by atoms with van der Waals surface area (Å²) in [6.45, 7) is 8.07. The van der Waals surface area contributed by atoms with Crippen molar-refractivity contribution in [3.8, 4) is 6.07 Å². The molecule has 0 bridgehead atoms. The average Bonchev–Trinajstić information content (AvgIpc) is 2.59. The molecule has 1 aromatic heterocycles. The molecule has 2 rings (SSSR count). The fraction of sp³-hybridized carbons (Fsp3) is 0.350. The van der Waals surface area contributed by atoms with E-state index in [1.165, 1.54) is 0 Å². The first-order valence-electron chi connectivity index (χ1n) is 8.26. The van der Waals surface area contributed by atoms with Crippen LogP contribution in [0.25, 0.3) is 6.08 Å². The molecule has 0 amide bonds. The normalized spacial score (nSPS) is 11.5. The van der Waals surface area contributed by atoms with E-state index in [1.807, 2.05) is 30.3 Å². The van der Waals surface area contributed by atoms with Gasteiger partial charge >= 0.3 is 0 Å². The van der Waals surface area contributed by atoms with Crippen LogP contribution in [0.3, 0.4) is 0 Å². The molecular weight excluding hydrogens is 312 g/mol. The Hall–Kier alpha value is -2.71. The third-order valence-corrected chi connectivity index (χ3v) is 3.50. The number of nitriles is 1. The van der Waals surface area contributed by atoms with E-state index in [0.717, 1.165) is 23.5 Å². The Morgan fingerprint density at radius 2 is 1.92 bits per heavy atom. The van der Waals surface area contributed by atoms with Crippen LogP contribution in [0, 0.1) is 16.7 Å². The van der Waals surface area contributed by atoms with Gasteiger partial charge < -0.3 is 10.0 Å². The zero-order chi connectivity index (χ0) is 18.3. The van der Waals surface area contributed by atoms with Gasteiger partial charge in [0.15, 0.2) is 0 Å². The van der Waals surface area contributed by atoms with Gasteiger partial charge in [0.25, 0.3) is 0 Å². The molecule has 5 heteroatoms. The van der Waals surface area contributed by atoms with Gasteiger partial charge in [-0.2, -0.15) is 5.26 Å². The number of benzene rings is 1. The first-order valence-corrected chi connectivity index (χ1v) is 8.26. The number of hydrogen-bond donors (Lipinski definition) is 1. The molecule has 0 saturated heterocycles. The SMILES string of the molecule is CC(C)(C)CN(Cc1ccc(/C=C/CO)cc1)c1ccnc(C#N)n1. The molecule has 0 saturated carbocycles. The number of nitrogens with zero attached hydrogens (tertiary/aromatic N) is 4. The summed E-state index contributed by atoms with van der Waals surface area (Å²) in [7, 11) is 0. The Labute approximate surface area is 149 Å². The van der Waals surface area contributed by atoms with Crippen molar-refractivity contribution in [2.45, 2.75) is 27.3 Å². The molecule has 0 radical (unpaired) electrons. The van der Waals surface area contributed by atoms with E-state index in [-0.39, 0.29) is 17.8 Å². The minimum atomic E-state index is 0.0377. The summed E-state index contributed by atoms with van der Waals surface area (Å²) in [5.74, 6) is 0.937. The highest BCUT2D eigenvalue weighted by Gasteiger charge is 2.18. The Balaban J connectivity index is 2.24. The van der Waals surface area contributed by atoms with Crippen molar-refractivity contribution in [1.82, 2.24) is 9.97 Å². The number of rotatable bonds is 6. The Morgan fingerprint density at radius 1 is 1.20 bits per heavy atom. The summed E-state index contributed by atoms with van der Waals surface area (Å²) in [6, 6.07) is 12.0. The lowest BCUT2D eigenvalue weighted by molar-refractivity contribution is 0.343. The van der Waals surface area contributed by atoms with E-state index in [1.54, 1.807) is 12.3 Å². The van der Waals surface area contributed by atoms with Crippen LogP contribution < -0.4 is 4.90 Å². The van der Waals surface area contributed by atoms with Gasteiger partial charge in [-0.15, -0.1) is 0 Å². The van der Waals surface area contributed by atoms with Gasteiger partial charge in [0.2, 0.25) is 5.82 Å². The van der Waals surface area contributed by atoms with Gasteiger partial charge in [0.05, 0.1) is 6.61 Å². The molecule has 0 aliphatic carbocycles. The number of aliphatic hydroxyl groups is 1. The zero-order valence-electron chi connectivity index (χ0n) is 15.0. The van der Waals surface area contributed by atoms with Crippen LogP contribution in [0.2, 0.25) is 0 Å². The van der Waals surface area contributed by atoms with Crippen LogP contribution in [0.5, 0.6) is 0 Å². The smallest absolute Gasteiger partial charge is 0.234 e. The highest BCUT2D eigenvalue weighted by Crippen LogP contribution is 2.22. The fourth-order valence-corrected chi connectivity index (χ4v) is 2.51. The summed E-state index contributed by atoms with van der Waals surface area (Å²) < 4.78 is 0. The topological polar surface area (TPSA) is 73.0 Å². The lowest BCUT2D eigenvalue weighted by Crippen LogP contribution is -2.33. The number of hydrogen-bond acceptors (Lipinski definition) is 5. The molecule has 0 unspecified atom stereocenters. The standard InChI is InChI=1S/C20H24N4O/c1-20(2,3)15-24(19-10-11-22-18(13-21)23-19)14-17-8-6-16(7-9-17)5-4-12-25/h4-11,25H,12,14-15H2,1-3H3/b5-4+. The highest BCUT2D eigenvalue weighted by molar-refractivity contribution is 5.50. The van der Waals surface area contributed by atoms with Crippen molar-refractivity contribution in [3.05, 3.63) is 59.6 Å². The Morgan fingerprint density at radius 3 is 2.52 bits per heavy atom. The summed E-state index contributed by atoms with van der Waals surface area (Å²) in [6.07, 6.45) is 5.23. The second-order valence-electron chi connectivity index (χ2n) is 7.09. The monoisotopic (exact) mass is 336 g/mol. The van der Waals surface area contributed by atoms with Gasteiger partial charge in [0.1, 0.15) is 11.9 Å². The Kier molecular flexibility index (Phi) is 6.26. The third-order valence-electron chi connectivity index (χ3n) is 3.50. The predicted octanol–water partition coefficient (Wildman–Crippen LogP) is 3.41. The van der Waals surface area contributed by atoms with E-state index in [0.29, 0.717) is 6.54 Å². The molecule has 1 N–H and O–H groups in total. The maximum Gasteiger partial charge on any atom is 0.234 e. The summed E-state index contributed by atoms with van der Waals surface area (Å²) >= 11 is 0. The molecule has 0 aliphatic heterocycles. The van der Waals surface area contributed by atoms with Crippen LogP contribution in [-0.2, 0) is 6.54 Å². The largest absolute Gasteiger partial charge is 0.392 e. The molecule has 1 heterocycles. The lowest BCUT2D eigenvalue weighted by Gasteiger charge is -2.31. The molecule has 1 aromatic carbocycles. The van der Waals surface area contributed by atoms with E-state index in [4.69, 9.17) is 10.4 Å². The minimum Gasteiger partial charge on any atom is -0.392 e. The van der Waals surface area contributed by atoms with Crippen LogP contribution in [0.1, 0.15) is 37.7 Å². The molecule has 0 atom stereocenters. The first-order chi connectivity index (χ1) is 11.9. The molecule has 0 aliphatic rings. The molecule has 25 heavy (non-hydrogen) atoms. The summed E-state index contributed by atoms with van der Waals surface area (Å²) in [4.78, 5) is 10.5. The highest BCUT2D eigenvalue weighted by atomic mass is 16.2. The summed E-state index contributed by atoms with van der Waals surface area (Å²) in [5, 5.41) is 17.9.